The first-order valence-electron chi connectivity index (χ1n) is 7.03. The van der Waals surface area contributed by atoms with Crippen molar-refractivity contribution in [1.29, 1.82) is 0 Å². The highest BCUT2D eigenvalue weighted by molar-refractivity contribution is 9.10. The quantitative estimate of drug-likeness (QED) is 0.797. The van der Waals surface area contributed by atoms with Gasteiger partial charge in [0.1, 0.15) is 16.2 Å². The zero-order valence-corrected chi connectivity index (χ0v) is 13.6. The molecule has 0 atom stereocenters. The molecular weight excluding hydrogens is 330 g/mol. The lowest BCUT2D eigenvalue weighted by Gasteiger charge is -2.36. The summed E-state index contributed by atoms with van der Waals surface area (Å²) in [5.41, 5.74) is 1.22. The van der Waals surface area contributed by atoms with Crippen molar-refractivity contribution < 1.29 is 4.74 Å². The van der Waals surface area contributed by atoms with Crippen molar-refractivity contribution in [2.75, 3.05) is 43.1 Å². The smallest absolute Gasteiger partial charge is 0.129 e. The van der Waals surface area contributed by atoms with Crippen LogP contribution in [-0.2, 0) is 0 Å². The van der Waals surface area contributed by atoms with Gasteiger partial charge in [-0.05, 0) is 40.2 Å². The Bertz CT molecular complexity index is 612. The molecule has 0 saturated carbocycles. The van der Waals surface area contributed by atoms with E-state index in [0.29, 0.717) is 0 Å². The van der Waals surface area contributed by atoms with Crippen LogP contribution in [0.3, 0.4) is 0 Å². The van der Waals surface area contributed by atoms with Gasteiger partial charge in [-0.2, -0.15) is 0 Å². The molecule has 0 amide bonds. The van der Waals surface area contributed by atoms with E-state index in [4.69, 9.17) is 4.74 Å². The molecule has 5 heteroatoms. The van der Waals surface area contributed by atoms with Gasteiger partial charge < -0.3 is 14.5 Å². The maximum absolute atomic E-state index is 5.30. The molecule has 1 aliphatic heterocycles. The van der Waals surface area contributed by atoms with Crippen molar-refractivity contribution in [2.24, 2.45) is 0 Å². The van der Waals surface area contributed by atoms with Crippen molar-refractivity contribution >= 4 is 27.4 Å². The Kier molecular flexibility index (Phi) is 4.29. The molecule has 4 nitrogen and oxygen atoms in total. The minimum atomic E-state index is 0.884. The van der Waals surface area contributed by atoms with Crippen LogP contribution >= 0.6 is 15.9 Å². The highest BCUT2D eigenvalue weighted by Gasteiger charge is 2.18. The largest absolute Gasteiger partial charge is 0.497 e. The average Bonchev–Trinajstić information content (AvgIpc) is 2.55. The van der Waals surface area contributed by atoms with E-state index < -0.39 is 0 Å². The monoisotopic (exact) mass is 347 g/mol. The number of methoxy groups -OCH3 is 1. The number of benzene rings is 1. The number of piperazine rings is 1. The Morgan fingerprint density at radius 3 is 2.43 bits per heavy atom. The summed E-state index contributed by atoms with van der Waals surface area (Å²) in [4.78, 5) is 9.23. The second kappa shape index (κ2) is 6.35. The maximum Gasteiger partial charge on any atom is 0.129 e. The number of halogens is 1. The second-order valence-electron chi connectivity index (χ2n) is 4.99. The summed E-state index contributed by atoms with van der Waals surface area (Å²) >= 11 is 3.43. The number of rotatable bonds is 3. The molecular formula is C16H18BrN3O. The third-order valence-corrected chi connectivity index (χ3v) is 4.16. The Balaban J connectivity index is 1.67. The Morgan fingerprint density at radius 1 is 1.00 bits per heavy atom. The average molecular weight is 348 g/mol. The fourth-order valence-electron chi connectivity index (χ4n) is 2.57. The zero-order valence-electron chi connectivity index (χ0n) is 12.0. The Morgan fingerprint density at radius 2 is 1.71 bits per heavy atom. The highest BCUT2D eigenvalue weighted by atomic mass is 79.9. The van der Waals surface area contributed by atoms with E-state index in [1.54, 1.807) is 7.11 Å². The number of anilines is 2. The molecule has 0 aliphatic carbocycles. The number of pyridine rings is 1. The van der Waals surface area contributed by atoms with Gasteiger partial charge in [0, 0.05) is 37.9 Å². The molecule has 3 rings (SSSR count). The van der Waals surface area contributed by atoms with E-state index in [-0.39, 0.29) is 0 Å². The lowest BCUT2D eigenvalue weighted by atomic mass is 10.2. The van der Waals surface area contributed by atoms with Crippen LogP contribution in [0.1, 0.15) is 0 Å². The Labute approximate surface area is 133 Å². The van der Waals surface area contributed by atoms with Crippen LogP contribution in [0.25, 0.3) is 0 Å². The lowest BCUT2D eigenvalue weighted by molar-refractivity contribution is 0.414. The topological polar surface area (TPSA) is 28.6 Å². The molecule has 0 bridgehead atoms. The lowest BCUT2D eigenvalue weighted by Crippen LogP contribution is -2.46. The number of hydrogen-bond donors (Lipinski definition) is 0. The number of hydrogen-bond acceptors (Lipinski definition) is 4. The van der Waals surface area contributed by atoms with Gasteiger partial charge in [-0.3, -0.25) is 0 Å². The summed E-state index contributed by atoms with van der Waals surface area (Å²) in [6.07, 6.45) is 0. The van der Waals surface area contributed by atoms with Crippen LogP contribution in [0.5, 0.6) is 5.75 Å². The third-order valence-electron chi connectivity index (χ3n) is 3.72. The molecule has 1 aliphatic rings. The minimum absolute atomic E-state index is 0.884. The number of nitrogens with zero attached hydrogens (tertiary/aromatic N) is 3. The standard InChI is InChI=1S/C16H18BrN3O/c1-21-14-5-2-4-13(12-14)19-8-10-20(11-9-19)16-7-3-6-15(17)18-16/h2-7,12H,8-11H2,1H3. The van der Waals surface area contributed by atoms with E-state index in [0.717, 1.165) is 42.3 Å². The molecule has 21 heavy (non-hydrogen) atoms. The SMILES string of the molecule is COc1cccc(N2CCN(c3cccc(Br)n3)CC2)c1. The molecule has 110 valence electrons. The first-order chi connectivity index (χ1) is 10.3. The first kappa shape index (κ1) is 14.2. The van der Waals surface area contributed by atoms with Gasteiger partial charge in [0.15, 0.2) is 0 Å². The van der Waals surface area contributed by atoms with E-state index in [9.17, 15) is 0 Å². The van der Waals surface area contributed by atoms with Crippen molar-refractivity contribution in [2.45, 2.75) is 0 Å². The molecule has 2 aromatic rings. The third kappa shape index (κ3) is 3.29. The highest BCUT2D eigenvalue weighted by Crippen LogP contribution is 2.23. The van der Waals surface area contributed by atoms with Crippen molar-refractivity contribution in [3.05, 3.63) is 47.1 Å². The molecule has 2 heterocycles. The number of ether oxygens (including phenoxy) is 1. The summed E-state index contributed by atoms with van der Waals surface area (Å²) in [5, 5.41) is 0. The maximum atomic E-state index is 5.30. The van der Waals surface area contributed by atoms with Crippen LogP contribution in [0.15, 0.2) is 47.1 Å². The van der Waals surface area contributed by atoms with Crippen LogP contribution < -0.4 is 14.5 Å². The van der Waals surface area contributed by atoms with Gasteiger partial charge >= 0.3 is 0 Å². The number of aromatic nitrogens is 1. The van der Waals surface area contributed by atoms with Crippen molar-refractivity contribution in [3.8, 4) is 5.75 Å². The zero-order chi connectivity index (χ0) is 14.7. The van der Waals surface area contributed by atoms with E-state index in [1.807, 2.05) is 24.3 Å². The molecule has 1 fully saturated rings. The summed E-state index contributed by atoms with van der Waals surface area (Å²) in [7, 11) is 1.70. The van der Waals surface area contributed by atoms with Crippen molar-refractivity contribution in [3.63, 3.8) is 0 Å². The molecule has 1 aromatic heterocycles. The normalized spacial score (nSPS) is 15.1. The van der Waals surface area contributed by atoms with Gasteiger partial charge in [0.25, 0.3) is 0 Å². The van der Waals surface area contributed by atoms with Crippen LogP contribution in [0.4, 0.5) is 11.5 Å². The molecule has 0 spiro atoms. The molecule has 1 saturated heterocycles. The van der Waals surface area contributed by atoms with Crippen LogP contribution in [0.2, 0.25) is 0 Å². The summed E-state index contributed by atoms with van der Waals surface area (Å²) in [6, 6.07) is 14.3. The van der Waals surface area contributed by atoms with Crippen LogP contribution in [0, 0.1) is 0 Å². The van der Waals surface area contributed by atoms with Gasteiger partial charge in [-0.25, -0.2) is 4.98 Å². The summed E-state index contributed by atoms with van der Waals surface area (Å²) < 4.78 is 6.18. The minimum Gasteiger partial charge on any atom is -0.497 e. The fraction of sp³-hybridized carbons (Fsp3) is 0.312. The predicted molar refractivity (Wildman–Crippen MR) is 89.4 cm³/mol. The Hall–Kier alpha value is -1.75. The summed E-state index contributed by atoms with van der Waals surface area (Å²) in [6.45, 7) is 3.92. The van der Waals surface area contributed by atoms with Gasteiger partial charge in [0.05, 0.1) is 7.11 Å². The van der Waals surface area contributed by atoms with E-state index >= 15 is 0 Å². The first-order valence-corrected chi connectivity index (χ1v) is 7.82. The van der Waals surface area contributed by atoms with E-state index in [1.165, 1.54) is 5.69 Å². The summed E-state index contributed by atoms with van der Waals surface area (Å²) in [5.74, 6) is 1.94. The second-order valence-corrected chi connectivity index (χ2v) is 5.81. The van der Waals surface area contributed by atoms with E-state index in [2.05, 4.69) is 48.9 Å². The molecule has 1 aromatic carbocycles. The van der Waals surface area contributed by atoms with Gasteiger partial charge in [-0.1, -0.05) is 12.1 Å². The van der Waals surface area contributed by atoms with Gasteiger partial charge in [-0.15, -0.1) is 0 Å². The predicted octanol–water partition coefficient (Wildman–Crippen LogP) is 3.18. The molecule has 0 unspecified atom stereocenters. The van der Waals surface area contributed by atoms with Gasteiger partial charge in [0.2, 0.25) is 0 Å². The molecule has 0 radical (unpaired) electrons. The fourth-order valence-corrected chi connectivity index (χ4v) is 2.91. The molecule has 0 N–H and O–H groups in total. The van der Waals surface area contributed by atoms with Crippen molar-refractivity contribution in [1.82, 2.24) is 4.98 Å². The van der Waals surface area contributed by atoms with Crippen LogP contribution in [-0.4, -0.2) is 38.3 Å².